The standard InChI is InChI=1S/C8H9FN/c1-6(10)7-2-4-8(9)5-3-7/h2-6H,1,10H2/q+1. The Labute approximate surface area is 59.7 Å². The molecule has 0 amide bonds. The fourth-order valence-electron chi connectivity index (χ4n) is 0.710. The van der Waals surface area contributed by atoms with Gasteiger partial charge in [-0.25, -0.2) is 4.39 Å². The first kappa shape index (κ1) is 7.09. The molecule has 1 unspecified atom stereocenters. The molecule has 1 aromatic carbocycles. The van der Waals surface area contributed by atoms with Gasteiger partial charge in [0.1, 0.15) is 5.82 Å². The second-order valence-electron chi connectivity index (χ2n) is 2.16. The molecule has 1 nitrogen and oxygen atoms in total. The molecular weight excluding hydrogens is 129 g/mol. The van der Waals surface area contributed by atoms with Gasteiger partial charge in [-0.05, 0) is 12.1 Å². The Kier molecular flexibility index (Phi) is 1.92. The molecule has 1 atom stereocenters. The molecule has 52 valence electrons. The van der Waals surface area contributed by atoms with Gasteiger partial charge in [-0.1, -0.05) is 12.1 Å². The zero-order chi connectivity index (χ0) is 7.56. The zero-order valence-corrected chi connectivity index (χ0v) is 5.55. The Bertz CT molecular complexity index is 203. The van der Waals surface area contributed by atoms with E-state index in [9.17, 15) is 4.39 Å². The summed E-state index contributed by atoms with van der Waals surface area (Å²) in [7, 11) is 0. The Morgan fingerprint density at radius 3 is 2.20 bits per heavy atom. The second kappa shape index (κ2) is 2.71. The highest BCUT2D eigenvalue weighted by Crippen LogP contribution is 2.08. The van der Waals surface area contributed by atoms with Gasteiger partial charge < -0.3 is 0 Å². The van der Waals surface area contributed by atoms with E-state index in [0.717, 1.165) is 5.56 Å². The predicted octanol–water partition coefficient (Wildman–Crippen LogP) is 1.66. The summed E-state index contributed by atoms with van der Waals surface area (Å²) in [4.78, 5) is 0. The van der Waals surface area contributed by atoms with Gasteiger partial charge in [-0.3, -0.25) is 5.73 Å². The van der Waals surface area contributed by atoms with Crippen LogP contribution >= 0.6 is 0 Å². The number of hydrogen-bond donors (Lipinski definition) is 1. The normalized spacial score (nSPS) is 13.0. The minimum atomic E-state index is -0.263. The Morgan fingerprint density at radius 2 is 1.80 bits per heavy atom. The number of nitrogens with two attached hydrogens (primary N) is 1. The van der Waals surface area contributed by atoms with Crippen LogP contribution in [0, 0.1) is 12.7 Å². The molecule has 10 heavy (non-hydrogen) atoms. The van der Waals surface area contributed by atoms with Gasteiger partial charge in [0.15, 0.2) is 6.04 Å². The molecule has 1 aromatic rings. The summed E-state index contributed by atoms with van der Waals surface area (Å²) in [6.07, 6.45) is 0. The summed E-state index contributed by atoms with van der Waals surface area (Å²) in [6, 6.07) is 5.75. The first-order valence-electron chi connectivity index (χ1n) is 3.04. The van der Waals surface area contributed by atoms with Gasteiger partial charge in [0, 0.05) is 5.56 Å². The fraction of sp³-hybridized carbons (Fsp3) is 0.125. The smallest absolute Gasteiger partial charge is 0.169 e. The highest BCUT2D eigenvalue weighted by atomic mass is 19.1. The molecule has 0 aromatic heterocycles. The zero-order valence-electron chi connectivity index (χ0n) is 5.55. The first-order valence-corrected chi connectivity index (χ1v) is 3.04. The van der Waals surface area contributed by atoms with Crippen LogP contribution in [0.5, 0.6) is 0 Å². The van der Waals surface area contributed by atoms with Crippen LogP contribution in [0.3, 0.4) is 0 Å². The molecule has 0 aliphatic carbocycles. The third-order valence-corrected chi connectivity index (χ3v) is 1.30. The monoisotopic (exact) mass is 138 g/mol. The number of benzene rings is 1. The number of halogens is 1. The molecule has 0 bridgehead atoms. The molecule has 0 aliphatic rings. The molecule has 2 heteroatoms. The van der Waals surface area contributed by atoms with Crippen molar-refractivity contribution in [1.82, 2.24) is 0 Å². The SMILES string of the molecule is [CH2+]C(N)c1ccc(F)cc1. The Morgan fingerprint density at radius 1 is 1.30 bits per heavy atom. The fourth-order valence-corrected chi connectivity index (χ4v) is 0.710. The minimum Gasteiger partial charge on any atom is -0.287 e. The second-order valence-corrected chi connectivity index (χ2v) is 2.16. The lowest BCUT2D eigenvalue weighted by Crippen LogP contribution is -2.04. The first-order chi connectivity index (χ1) is 4.70. The van der Waals surface area contributed by atoms with Crippen LogP contribution in [-0.4, -0.2) is 0 Å². The molecule has 0 radical (unpaired) electrons. The summed E-state index contributed by atoms with van der Waals surface area (Å²) in [5.74, 6) is -0.246. The maximum Gasteiger partial charge on any atom is 0.169 e. The number of rotatable bonds is 1. The van der Waals surface area contributed by atoms with Crippen molar-refractivity contribution in [3.8, 4) is 0 Å². The largest absolute Gasteiger partial charge is 0.287 e. The molecule has 0 saturated carbocycles. The van der Waals surface area contributed by atoms with Crippen molar-refractivity contribution < 1.29 is 4.39 Å². The van der Waals surface area contributed by atoms with Crippen molar-refractivity contribution in [1.29, 1.82) is 0 Å². The predicted molar refractivity (Wildman–Crippen MR) is 38.7 cm³/mol. The van der Waals surface area contributed by atoms with E-state index < -0.39 is 0 Å². The van der Waals surface area contributed by atoms with E-state index in [4.69, 9.17) is 5.73 Å². The summed E-state index contributed by atoms with van der Waals surface area (Å²) < 4.78 is 12.3. The van der Waals surface area contributed by atoms with Crippen LogP contribution in [0.1, 0.15) is 11.6 Å². The van der Waals surface area contributed by atoms with Crippen molar-refractivity contribution in [2.75, 3.05) is 0 Å². The van der Waals surface area contributed by atoms with Crippen molar-refractivity contribution in [2.45, 2.75) is 6.04 Å². The van der Waals surface area contributed by atoms with Gasteiger partial charge in [-0.15, -0.1) is 0 Å². The topological polar surface area (TPSA) is 26.0 Å². The van der Waals surface area contributed by atoms with Crippen molar-refractivity contribution in [2.24, 2.45) is 5.73 Å². The Balaban J connectivity index is 2.89. The molecule has 1 rings (SSSR count). The lowest BCUT2D eigenvalue weighted by Gasteiger charge is -1.97. The molecule has 0 aliphatic heterocycles. The van der Waals surface area contributed by atoms with Gasteiger partial charge in [-0.2, -0.15) is 0 Å². The van der Waals surface area contributed by atoms with Crippen LogP contribution in [0.2, 0.25) is 0 Å². The summed E-state index contributed by atoms with van der Waals surface area (Å²) in [5.41, 5.74) is 6.28. The van der Waals surface area contributed by atoms with Crippen LogP contribution in [0.25, 0.3) is 0 Å². The van der Waals surface area contributed by atoms with Gasteiger partial charge in [0.25, 0.3) is 0 Å². The third-order valence-electron chi connectivity index (χ3n) is 1.30. The van der Waals surface area contributed by atoms with Crippen LogP contribution < -0.4 is 5.73 Å². The number of hydrogen-bond acceptors (Lipinski definition) is 1. The van der Waals surface area contributed by atoms with Crippen LogP contribution in [0.4, 0.5) is 4.39 Å². The van der Waals surface area contributed by atoms with Crippen molar-refractivity contribution in [3.05, 3.63) is 42.6 Å². The van der Waals surface area contributed by atoms with E-state index in [2.05, 4.69) is 6.92 Å². The molecule has 0 heterocycles. The van der Waals surface area contributed by atoms with Crippen LogP contribution in [-0.2, 0) is 0 Å². The average molecular weight is 138 g/mol. The van der Waals surface area contributed by atoms with E-state index in [1.807, 2.05) is 0 Å². The Hall–Kier alpha value is -1.02. The lowest BCUT2D eigenvalue weighted by molar-refractivity contribution is 0.626. The van der Waals surface area contributed by atoms with Gasteiger partial charge in [0.05, 0.1) is 6.92 Å². The van der Waals surface area contributed by atoms with E-state index >= 15 is 0 Å². The maximum atomic E-state index is 12.3. The summed E-state index contributed by atoms with van der Waals surface area (Å²) in [5, 5.41) is 0. The summed E-state index contributed by atoms with van der Waals surface area (Å²) >= 11 is 0. The van der Waals surface area contributed by atoms with Crippen LogP contribution in [0.15, 0.2) is 24.3 Å². The molecule has 2 N–H and O–H groups in total. The highest BCUT2D eigenvalue weighted by Gasteiger charge is 2.03. The highest BCUT2D eigenvalue weighted by molar-refractivity contribution is 5.19. The van der Waals surface area contributed by atoms with Crippen molar-refractivity contribution in [3.63, 3.8) is 0 Å². The summed E-state index contributed by atoms with van der Waals surface area (Å²) in [6.45, 7) is 3.59. The van der Waals surface area contributed by atoms with E-state index in [1.54, 1.807) is 12.1 Å². The molecule has 0 fully saturated rings. The minimum absolute atomic E-state index is 0.246. The maximum absolute atomic E-state index is 12.3. The van der Waals surface area contributed by atoms with E-state index in [0.29, 0.717) is 0 Å². The molecule has 0 spiro atoms. The molecule has 0 saturated heterocycles. The lowest BCUT2D eigenvalue weighted by atomic mass is 10.1. The average Bonchev–Trinajstić information content (AvgIpc) is 1.88. The van der Waals surface area contributed by atoms with Gasteiger partial charge in [0.2, 0.25) is 0 Å². The molecular formula is C8H9FN+. The van der Waals surface area contributed by atoms with E-state index in [-0.39, 0.29) is 11.9 Å². The van der Waals surface area contributed by atoms with Crippen molar-refractivity contribution >= 4 is 0 Å². The quantitative estimate of drug-likeness (QED) is 0.587. The third kappa shape index (κ3) is 1.48. The van der Waals surface area contributed by atoms with E-state index in [1.165, 1.54) is 12.1 Å². The van der Waals surface area contributed by atoms with Gasteiger partial charge >= 0.3 is 0 Å².